The first-order chi connectivity index (χ1) is 25.1. The number of epoxide rings is 1. The van der Waals surface area contributed by atoms with Crippen LogP contribution in [0.1, 0.15) is 102 Å². The van der Waals surface area contributed by atoms with Gasteiger partial charge in [0.25, 0.3) is 11.8 Å². The van der Waals surface area contributed by atoms with Gasteiger partial charge in [0.2, 0.25) is 0 Å². The fraction of sp³-hybridized carbons (Fsp3) is 0.600. The number of thiazole rings is 1. The Balaban J connectivity index is 1.34. The molecule has 1 aromatic heterocycles. The maximum Gasteiger partial charge on any atom is 0.407 e. The molecule has 5 rings (SSSR count). The number of aliphatic hydroxyl groups excluding tert-OH is 1. The number of carbonyl (C=O) groups excluding carboxylic acids is 5. The van der Waals surface area contributed by atoms with Crippen molar-refractivity contribution < 1.29 is 43.3 Å². The number of Topliss-reactive ketones (excluding diaryl/α,β-unsaturated/α-hetero) is 1. The van der Waals surface area contributed by atoms with Crippen molar-refractivity contribution in [2.45, 2.75) is 122 Å². The quantitative estimate of drug-likeness (QED) is 0.0928. The summed E-state index contributed by atoms with van der Waals surface area (Å²) in [6.07, 6.45) is 4.45. The summed E-state index contributed by atoms with van der Waals surface area (Å²) < 4.78 is 19.3. The van der Waals surface area contributed by atoms with E-state index in [0.29, 0.717) is 32.1 Å². The Hall–Kier alpha value is -3.94. The first-order valence-corrected chi connectivity index (χ1v) is 19.5. The predicted molar refractivity (Wildman–Crippen MR) is 200 cm³/mol. The fourth-order valence-corrected chi connectivity index (χ4v) is 8.27. The summed E-state index contributed by atoms with van der Waals surface area (Å²) in [5.74, 6) is -2.69. The van der Waals surface area contributed by atoms with E-state index in [1.54, 1.807) is 31.3 Å². The number of benzene rings is 1. The molecular weight excluding hydrogens is 699 g/mol. The fourth-order valence-electron chi connectivity index (χ4n) is 7.46. The minimum atomic E-state index is -1.39. The minimum Gasteiger partial charge on any atom is -0.457 e. The number of allylic oxidation sites excluding steroid dienone is 1. The third-order valence-corrected chi connectivity index (χ3v) is 11.9. The molecule has 0 radical (unpaired) electrons. The number of cyclic esters (lactones) is 1. The van der Waals surface area contributed by atoms with Crippen LogP contribution in [0.3, 0.4) is 0 Å². The van der Waals surface area contributed by atoms with Gasteiger partial charge in [-0.2, -0.15) is 0 Å². The number of fused-ring (bicyclic) bond motifs is 2. The molecule has 0 bridgehead atoms. The Morgan fingerprint density at radius 2 is 1.89 bits per heavy atom. The maximum atomic E-state index is 14.4. The molecule has 3 amide bonds. The summed E-state index contributed by atoms with van der Waals surface area (Å²) in [6.45, 7) is 13.5. The van der Waals surface area contributed by atoms with Crippen LogP contribution in [0.5, 0.6) is 0 Å². The Morgan fingerprint density at radius 1 is 1.15 bits per heavy atom. The van der Waals surface area contributed by atoms with E-state index in [2.05, 4.69) is 23.8 Å². The summed E-state index contributed by atoms with van der Waals surface area (Å²) >= 11 is 1.58. The lowest BCUT2D eigenvalue weighted by molar-refractivity contribution is -0.156. The van der Waals surface area contributed by atoms with Crippen LogP contribution in [0.25, 0.3) is 10.2 Å². The molecule has 0 spiro atoms. The van der Waals surface area contributed by atoms with Gasteiger partial charge in [-0.05, 0) is 89.8 Å². The number of hydrogen-bond donors (Lipinski definition) is 2. The Bertz CT molecular complexity index is 1720. The number of hydrogen-bond acceptors (Lipinski definition) is 11. The number of aliphatic hydroxyl groups is 1. The van der Waals surface area contributed by atoms with Gasteiger partial charge in [-0.1, -0.05) is 25.5 Å². The number of esters is 1. The second-order valence-corrected chi connectivity index (χ2v) is 16.7. The van der Waals surface area contributed by atoms with Gasteiger partial charge in [-0.3, -0.25) is 24.1 Å². The molecule has 0 aliphatic carbocycles. The Morgan fingerprint density at radius 3 is 2.60 bits per heavy atom. The topological polar surface area (TPSA) is 165 Å². The Labute approximate surface area is 315 Å². The molecule has 12 nitrogen and oxygen atoms in total. The van der Waals surface area contributed by atoms with Crippen LogP contribution >= 0.6 is 11.3 Å². The number of ether oxygens (including phenoxy) is 3. The van der Waals surface area contributed by atoms with Crippen LogP contribution < -0.4 is 5.32 Å². The number of ketones is 1. The van der Waals surface area contributed by atoms with Gasteiger partial charge in [0.1, 0.15) is 18.0 Å². The number of nitrogens with zero attached hydrogens (tertiary/aromatic N) is 2. The molecule has 2 saturated heterocycles. The second kappa shape index (κ2) is 17.0. The zero-order valence-electron chi connectivity index (χ0n) is 31.4. The maximum absolute atomic E-state index is 14.4. The first kappa shape index (κ1) is 40.2. The summed E-state index contributed by atoms with van der Waals surface area (Å²) in [5.41, 5.74) is -0.211. The van der Waals surface area contributed by atoms with Crippen molar-refractivity contribution in [3.05, 3.63) is 53.6 Å². The van der Waals surface area contributed by atoms with E-state index < -0.39 is 53.7 Å². The molecule has 53 heavy (non-hydrogen) atoms. The van der Waals surface area contributed by atoms with Crippen molar-refractivity contribution in [1.82, 2.24) is 15.2 Å². The molecule has 2 fully saturated rings. The minimum absolute atomic E-state index is 0.154. The number of carbonyl (C=O) groups is 5. The van der Waals surface area contributed by atoms with Gasteiger partial charge >= 0.3 is 12.1 Å². The average molecular weight is 752 g/mol. The number of nitrogens with one attached hydrogen (secondary N) is 1. The highest BCUT2D eigenvalue weighted by Crippen LogP contribution is 2.47. The zero-order chi connectivity index (χ0) is 38.5. The lowest BCUT2D eigenvalue weighted by atomic mass is 9.71. The number of alkyl carbamates (subject to hydrolysis) is 1. The lowest BCUT2D eigenvalue weighted by Crippen LogP contribution is -2.49. The van der Waals surface area contributed by atoms with Crippen LogP contribution in [0.4, 0.5) is 4.79 Å². The van der Waals surface area contributed by atoms with E-state index in [0.717, 1.165) is 33.6 Å². The van der Waals surface area contributed by atoms with Crippen molar-refractivity contribution in [2.75, 3.05) is 13.1 Å². The predicted octanol–water partition coefficient (Wildman–Crippen LogP) is 6.29. The number of rotatable bonds is 10. The Kier molecular flexibility index (Phi) is 12.9. The van der Waals surface area contributed by atoms with Crippen molar-refractivity contribution in [3.63, 3.8) is 0 Å². The first-order valence-electron chi connectivity index (χ1n) is 18.7. The van der Waals surface area contributed by atoms with E-state index in [9.17, 15) is 29.1 Å². The molecule has 1 aromatic carbocycles. The summed E-state index contributed by atoms with van der Waals surface area (Å²) in [5, 5.41) is 15.1. The van der Waals surface area contributed by atoms with E-state index in [1.807, 2.05) is 32.0 Å². The third kappa shape index (κ3) is 9.79. The van der Waals surface area contributed by atoms with Crippen molar-refractivity contribution in [1.29, 1.82) is 0 Å². The molecule has 4 heterocycles. The number of amides is 3. The molecule has 2 N–H and O–H groups in total. The number of aryl methyl sites for hydroxylation is 1. The van der Waals surface area contributed by atoms with E-state index in [-0.39, 0.29) is 49.1 Å². The molecular formula is C40H53N3O9S. The van der Waals surface area contributed by atoms with Crippen LogP contribution in [-0.4, -0.2) is 81.7 Å². The highest BCUT2D eigenvalue weighted by molar-refractivity contribution is 7.18. The van der Waals surface area contributed by atoms with E-state index in [4.69, 9.17) is 14.2 Å². The van der Waals surface area contributed by atoms with E-state index >= 15 is 0 Å². The number of unbranched alkanes of at least 4 members (excludes halogenated alkanes) is 2. The van der Waals surface area contributed by atoms with Gasteiger partial charge in [0.15, 0.2) is 0 Å². The summed E-state index contributed by atoms with van der Waals surface area (Å²) in [4.78, 5) is 70.9. The smallest absolute Gasteiger partial charge is 0.407 e. The van der Waals surface area contributed by atoms with Crippen LogP contribution in [-0.2, 0) is 33.4 Å². The monoisotopic (exact) mass is 751 g/mol. The highest BCUT2D eigenvalue weighted by Gasteiger charge is 2.53. The summed E-state index contributed by atoms with van der Waals surface area (Å²) in [7, 11) is 0. The van der Waals surface area contributed by atoms with E-state index in [1.165, 1.54) is 17.1 Å². The normalized spacial score (nSPS) is 29.5. The molecule has 2 aromatic rings. The summed E-state index contributed by atoms with van der Waals surface area (Å²) in [6, 6.07) is 5.85. The van der Waals surface area contributed by atoms with Gasteiger partial charge in [-0.15, -0.1) is 17.9 Å². The van der Waals surface area contributed by atoms with Crippen molar-refractivity contribution >= 4 is 51.2 Å². The van der Waals surface area contributed by atoms with Gasteiger partial charge in [0, 0.05) is 37.6 Å². The molecule has 3 aliphatic heterocycles. The van der Waals surface area contributed by atoms with Crippen molar-refractivity contribution in [3.8, 4) is 0 Å². The largest absolute Gasteiger partial charge is 0.457 e. The van der Waals surface area contributed by atoms with Gasteiger partial charge in [0.05, 0.1) is 44.9 Å². The standard InChI is InChI=1S/C40H53N3O9S/c1-7-12-27-36(47)24(2)13-11-18-40(6)32(52-40)22-29(26-14-15-30-28(21-26)42-25(3)53-30)50-35(46)23-31(39(4,5)37(27)48)51-38(49)41-19-9-8-10-20-43-33(44)16-17-34(43)45/h7,14-17,21,24,27,29,31-32,36,47H,1,8-13,18-20,22-23H2,2-6H3,(H,41,49)/t24-,27+,29-,31-,32+,36-,40-/m0/s1. The molecule has 7 atom stereocenters. The van der Waals surface area contributed by atoms with Crippen LogP contribution in [0.2, 0.25) is 0 Å². The number of aromatic nitrogens is 1. The zero-order valence-corrected chi connectivity index (χ0v) is 32.2. The van der Waals surface area contributed by atoms with Gasteiger partial charge < -0.3 is 24.6 Å². The highest BCUT2D eigenvalue weighted by atomic mass is 32.1. The molecule has 0 unspecified atom stereocenters. The molecule has 0 saturated carbocycles. The third-order valence-electron chi connectivity index (χ3n) is 11.0. The second-order valence-electron chi connectivity index (χ2n) is 15.4. The number of imide groups is 1. The molecule has 288 valence electrons. The SMILES string of the molecule is C=CC[C@H]1C(=O)C(C)(C)[C@@H](OC(=O)NCCCCCN2C(=O)C=CC2=O)CC(=O)O[C@H](c2ccc3sc(C)nc3c2)C[C@H]2O[C@@]2(C)CCC[C@H](C)[C@@H]1O. The van der Waals surface area contributed by atoms with Gasteiger partial charge in [-0.25, -0.2) is 9.78 Å². The molecule has 3 aliphatic rings. The van der Waals surface area contributed by atoms with Crippen molar-refractivity contribution in [2.24, 2.45) is 17.3 Å². The van der Waals surface area contributed by atoms with Crippen LogP contribution in [0, 0.1) is 24.2 Å². The molecule has 13 heteroatoms. The van der Waals surface area contributed by atoms with Crippen LogP contribution in [0.15, 0.2) is 43.0 Å². The lowest BCUT2D eigenvalue weighted by Gasteiger charge is -2.37. The average Bonchev–Trinajstić information content (AvgIpc) is 3.39.